The van der Waals surface area contributed by atoms with Crippen molar-refractivity contribution < 1.29 is 13.3 Å². The molecule has 0 aromatic heterocycles. The van der Waals surface area contributed by atoms with Gasteiger partial charge in [0.15, 0.2) is 0 Å². The van der Waals surface area contributed by atoms with Crippen LogP contribution < -0.4 is 5.73 Å². The molecule has 0 bridgehead atoms. The average molecular weight is 313 g/mol. The van der Waals surface area contributed by atoms with Gasteiger partial charge in [0.1, 0.15) is 4.90 Å². The molecule has 7 nitrogen and oxygen atoms in total. The zero-order chi connectivity index (χ0) is 15.8. The van der Waals surface area contributed by atoms with Crippen molar-refractivity contribution in [3.63, 3.8) is 0 Å². The quantitative estimate of drug-likeness (QED) is 0.521. The lowest BCUT2D eigenvalue weighted by Gasteiger charge is -2.36. The molecule has 116 valence electrons. The number of hydrogen-bond donors (Lipinski definition) is 1. The Morgan fingerprint density at radius 2 is 2.05 bits per heavy atom. The smallest absolute Gasteiger partial charge is 0.270 e. The fourth-order valence-electron chi connectivity index (χ4n) is 2.62. The SMILES string of the molecule is CC1CCCN(S(=O)(=O)c2cc([N+](=O)[O-])ccc2N)C1C. The summed E-state index contributed by atoms with van der Waals surface area (Å²) in [6, 6.07) is 3.36. The van der Waals surface area contributed by atoms with E-state index in [0.29, 0.717) is 6.54 Å². The number of benzene rings is 1. The van der Waals surface area contributed by atoms with Crippen molar-refractivity contribution in [3.8, 4) is 0 Å². The van der Waals surface area contributed by atoms with Crippen LogP contribution in [0.5, 0.6) is 0 Å². The van der Waals surface area contributed by atoms with E-state index in [4.69, 9.17) is 5.73 Å². The van der Waals surface area contributed by atoms with E-state index in [1.165, 1.54) is 16.4 Å². The number of rotatable bonds is 3. The molecule has 1 aromatic carbocycles. The summed E-state index contributed by atoms with van der Waals surface area (Å²) in [5.41, 5.74) is 5.49. The van der Waals surface area contributed by atoms with Gasteiger partial charge < -0.3 is 5.73 Å². The van der Waals surface area contributed by atoms with Gasteiger partial charge in [-0.25, -0.2) is 8.42 Å². The van der Waals surface area contributed by atoms with Gasteiger partial charge >= 0.3 is 0 Å². The Morgan fingerprint density at radius 3 is 2.67 bits per heavy atom. The number of nitrogens with zero attached hydrogens (tertiary/aromatic N) is 2. The Labute approximate surface area is 123 Å². The molecular weight excluding hydrogens is 294 g/mol. The maximum absolute atomic E-state index is 12.8. The molecule has 0 aliphatic carbocycles. The molecule has 0 saturated carbocycles. The predicted molar refractivity (Wildman–Crippen MR) is 79.3 cm³/mol. The van der Waals surface area contributed by atoms with Crippen LogP contribution in [-0.4, -0.2) is 30.2 Å². The monoisotopic (exact) mass is 313 g/mol. The van der Waals surface area contributed by atoms with Crippen LogP contribution in [0.3, 0.4) is 0 Å². The summed E-state index contributed by atoms with van der Waals surface area (Å²) in [4.78, 5) is 10.0. The molecular formula is C13H19N3O4S. The first-order chi connectivity index (χ1) is 9.75. The van der Waals surface area contributed by atoms with E-state index in [1.807, 2.05) is 13.8 Å². The average Bonchev–Trinajstić information content (AvgIpc) is 2.41. The third-order valence-corrected chi connectivity index (χ3v) is 6.15. The maximum Gasteiger partial charge on any atom is 0.270 e. The van der Waals surface area contributed by atoms with Gasteiger partial charge in [-0.15, -0.1) is 0 Å². The first-order valence-electron chi connectivity index (χ1n) is 6.81. The number of nitro benzene ring substituents is 1. The molecule has 2 rings (SSSR count). The number of anilines is 1. The van der Waals surface area contributed by atoms with Gasteiger partial charge in [-0.05, 0) is 31.7 Å². The Balaban J connectivity index is 2.48. The molecule has 1 heterocycles. The van der Waals surface area contributed by atoms with Gasteiger partial charge in [-0.2, -0.15) is 4.31 Å². The molecule has 1 fully saturated rings. The van der Waals surface area contributed by atoms with Gasteiger partial charge in [0.05, 0.1) is 10.6 Å². The van der Waals surface area contributed by atoms with Crippen LogP contribution in [0.15, 0.2) is 23.1 Å². The van der Waals surface area contributed by atoms with Crippen molar-refractivity contribution in [2.24, 2.45) is 5.92 Å². The van der Waals surface area contributed by atoms with Crippen LogP contribution in [0.2, 0.25) is 0 Å². The topological polar surface area (TPSA) is 107 Å². The fraction of sp³-hybridized carbons (Fsp3) is 0.538. The largest absolute Gasteiger partial charge is 0.398 e. The molecule has 1 aliphatic rings. The van der Waals surface area contributed by atoms with Gasteiger partial charge in [0, 0.05) is 24.7 Å². The summed E-state index contributed by atoms with van der Waals surface area (Å²) in [5.74, 6) is 0.244. The summed E-state index contributed by atoms with van der Waals surface area (Å²) in [6.45, 7) is 4.27. The Hall–Kier alpha value is -1.67. The van der Waals surface area contributed by atoms with Crippen LogP contribution in [0.4, 0.5) is 11.4 Å². The molecule has 2 unspecified atom stereocenters. The van der Waals surface area contributed by atoms with Crippen LogP contribution in [0, 0.1) is 16.0 Å². The van der Waals surface area contributed by atoms with Crippen molar-refractivity contribution in [3.05, 3.63) is 28.3 Å². The highest BCUT2D eigenvalue weighted by Gasteiger charge is 2.36. The van der Waals surface area contributed by atoms with Crippen molar-refractivity contribution in [2.75, 3.05) is 12.3 Å². The summed E-state index contributed by atoms with van der Waals surface area (Å²) in [7, 11) is -3.83. The highest BCUT2D eigenvalue weighted by atomic mass is 32.2. The molecule has 21 heavy (non-hydrogen) atoms. The molecule has 0 amide bonds. The molecule has 0 spiro atoms. The van der Waals surface area contributed by atoms with Crippen LogP contribution >= 0.6 is 0 Å². The molecule has 2 atom stereocenters. The summed E-state index contributed by atoms with van der Waals surface area (Å²) in [5, 5.41) is 10.8. The van der Waals surface area contributed by atoms with E-state index in [0.717, 1.165) is 18.9 Å². The minimum atomic E-state index is -3.83. The van der Waals surface area contributed by atoms with E-state index in [9.17, 15) is 18.5 Å². The summed E-state index contributed by atoms with van der Waals surface area (Å²) in [6.07, 6.45) is 1.75. The highest BCUT2D eigenvalue weighted by molar-refractivity contribution is 7.89. The first-order valence-corrected chi connectivity index (χ1v) is 8.25. The standard InChI is InChI=1S/C13H19N3O4S/c1-9-4-3-7-15(10(9)2)21(19,20)13-8-11(16(17)18)5-6-12(13)14/h5-6,8-10H,3-4,7,14H2,1-2H3. The second-order valence-corrected chi connectivity index (χ2v) is 7.31. The number of hydrogen-bond acceptors (Lipinski definition) is 5. The third-order valence-electron chi connectivity index (χ3n) is 4.11. The molecule has 0 radical (unpaired) electrons. The van der Waals surface area contributed by atoms with Crippen molar-refractivity contribution in [2.45, 2.75) is 37.6 Å². The minimum absolute atomic E-state index is 0.0334. The van der Waals surface area contributed by atoms with Crippen LogP contribution in [0.1, 0.15) is 26.7 Å². The second kappa shape index (κ2) is 5.61. The van der Waals surface area contributed by atoms with E-state index in [2.05, 4.69) is 0 Å². The molecule has 1 aliphatic heterocycles. The Morgan fingerprint density at radius 1 is 1.38 bits per heavy atom. The minimum Gasteiger partial charge on any atom is -0.398 e. The summed E-state index contributed by atoms with van der Waals surface area (Å²) >= 11 is 0. The predicted octanol–water partition coefficient (Wildman–Crippen LogP) is 1.99. The van der Waals surface area contributed by atoms with E-state index in [-0.39, 0.29) is 28.2 Å². The van der Waals surface area contributed by atoms with Crippen molar-refractivity contribution in [1.29, 1.82) is 0 Å². The molecule has 2 N–H and O–H groups in total. The molecule has 8 heteroatoms. The summed E-state index contributed by atoms with van der Waals surface area (Å²) < 4.78 is 26.9. The van der Waals surface area contributed by atoms with Crippen LogP contribution in [0.25, 0.3) is 0 Å². The van der Waals surface area contributed by atoms with Crippen LogP contribution in [-0.2, 0) is 10.0 Å². The zero-order valence-corrected chi connectivity index (χ0v) is 12.8. The second-order valence-electron chi connectivity index (χ2n) is 5.46. The fourth-order valence-corrected chi connectivity index (χ4v) is 4.53. The van der Waals surface area contributed by atoms with Gasteiger partial charge in [0.2, 0.25) is 10.0 Å². The zero-order valence-electron chi connectivity index (χ0n) is 12.0. The van der Waals surface area contributed by atoms with Gasteiger partial charge in [-0.3, -0.25) is 10.1 Å². The number of nitrogen functional groups attached to an aromatic ring is 1. The van der Waals surface area contributed by atoms with Gasteiger partial charge in [-0.1, -0.05) is 6.92 Å². The number of sulfonamides is 1. The van der Waals surface area contributed by atoms with Crippen molar-refractivity contribution >= 4 is 21.4 Å². The van der Waals surface area contributed by atoms with Crippen molar-refractivity contribution in [1.82, 2.24) is 4.31 Å². The Bertz CT molecular complexity index is 659. The Kier molecular flexibility index (Phi) is 4.20. The third kappa shape index (κ3) is 2.86. The molecule has 1 saturated heterocycles. The van der Waals surface area contributed by atoms with E-state index >= 15 is 0 Å². The lowest BCUT2D eigenvalue weighted by Crippen LogP contribution is -2.46. The van der Waals surface area contributed by atoms with Gasteiger partial charge in [0.25, 0.3) is 5.69 Å². The van der Waals surface area contributed by atoms with E-state index in [1.54, 1.807) is 0 Å². The normalized spacial score (nSPS) is 23.9. The highest BCUT2D eigenvalue weighted by Crippen LogP contribution is 2.32. The number of non-ortho nitro benzene ring substituents is 1. The number of nitro groups is 1. The first kappa shape index (κ1) is 15.7. The van der Waals surface area contributed by atoms with E-state index < -0.39 is 14.9 Å². The number of piperidine rings is 1. The lowest BCUT2D eigenvalue weighted by atomic mass is 9.94. The molecule has 1 aromatic rings. The lowest BCUT2D eigenvalue weighted by molar-refractivity contribution is -0.385. The maximum atomic E-state index is 12.8. The number of nitrogens with two attached hydrogens (primary N) is 1.